The van der Waals surface area contributed by atoms with E-state index in [0.717, 1.165) is 25.7 Å². The van der Waals surface area contributed by atoms with E-state index in [-0.39, 0.29) is 6.09 Å². The van der Waals surface area contributed by atoms with Crippen LogP contribution in [0.3, 0.4) is 0 Å². The summed E-state index contributed by atoms with van der Waals surface area (Å²) in [6, 6.07) is 0.723. The molecular formula is C11H18NO3. The number of hydrogen-bond acceptors (Lipinski definition) is 3. The molecule has 0 N–H and O–H groups in total. The number of rotatable bonds is 2. The zero-order chi connectivity index (χ0) is 10.8. The minimum Gasteiger partial charge on any atom is -0.420 e. The summed E-state index contributed by atoms with van der Waals surface area (Å²) in [5.74, 6) is 0. The van der Waals surface area contributed by atoms with Gasteiger partial charge in [-0.05, 0) is 39.0 Å². The van der Waals surface area contributed by atoms with Crippen molar-refractivity contribution in [2.75, 3.05) is 7.11 Å². The molecule has 1 amide bonds. The summed E-state index contributed by atoms with van der Waals surface area (Å²) in [5, 5.41) is 0. The molecule has 0 aromatic heterocycles. The predicted octanol–water partition coefficient (Wildman–Crippen LogP) is 1.95. The zero-order valence-corrected chi connectivity index (χ0v) is 9.31. The van der Waals surface area contributed by atoms with E-state index < -0.39 is 6.29 Å². The summed E-state index contributed by atoms with van der Waals surface area (Å²) in [5.41, 5.74) is 0. The Morgan fingerprint density at radius 1 is 1.40 bits per heavy atom. The lowest BCUT2D eigenvalue weighted by molar-refractivity contribution is -0.0822. The van der Waals surface area contributed by atoms with Crippen LogP contribution < -0.4 is 0 Å². The summed E-state index contributed by atoms with van der Waals surface area (Å²) in [4.78, 5) is 13.7. The molecule has 2 bridgehead atoms. The van der Waals surface area contributed by atoms with Crippen molar-refractivity contribution in [3.05, 3.63) is 6.42 Å². The Hall–Kier alpha value is -0.770. The van der Waals surface area contributed by atoms with Crippen LogP contribution in [0.2, 0.25) is 0 Å². The van der Waals surface area contributed by atoms with Gasteiger partial charge in [-0.25, -0.2) is 4.79 Å². The summed E-state index contributed by atoms with van der Waals surface area (Å²) in [6.07, 6.45) is 5.84. The topological polar surface area (TPSA) is 38.8 Å². The molecule has 0 aromatic carbocycles. The van der Waals surface area contributed by atoms with Crippen molar-refractivity contribution in [2.24, 2.45) is 0 Å². The Labute approximate surface area is 90.5 Å². The lowest BCUT2D eigenvalue weighted by Gasteiger charge is -2.34. The van der Waals surface area contributed by atoms with Crippen LogP contribution in [0.15, 0.2) is 0 Å². The minimum absolute atomic E-state index is 0.218. The molecule has 15 heavy (non-hydrogen) atoms. The van der Waals surface area contributed by atoms with Crippen LogP contribution >= 0.6 is 0 Å². The number of ether oxygens (including phenoxy) is 2. The van der Waals surface area contributed by atoms with Crippen molar-refractivity contribution < 1.29 is 14.3 Å². The van der Waals surface area contributed by atoms with E-state index in [4.69, 9.17) is 9.47 Å². The van der Waals surface area contributed by atoms with Crippen LogP contribution in [0.4, 0.5) is 4.79 Å². The Morgan fingerprint density at radius 2 is 2.00 bits per heavy atom. The first-order chi connectivity index (χ1) is 7.22. The van der Waals surface area contributed by atoms with E-state index in [9.17, 15) is 4.79 Å². The molecule has 2 aliphatic heterocycles. The first-order valence-corrected chi connectivity index (χ1v) is 5.55. The molecule has 0 aromatic rings. The predicted molar refractivity (Wildman–Crippen MR) is 55.1 cm³/mol. The molecule has 85 valence electrons. The number of carbonyl (C=O) groups is 1. The van der Waals surface area contributed by atoms with Gasteiger partial charge in [-0.1, -0.05) is 0 Å². The van der Waals surface area contributed by atoms with Crippen molar-refractivity contribution in [1.29, 1.82) is 0 Å². The maximum Gasteiger partial charge on any atom is 0.412 e. The highest BCUT2D eigenvalue weighted by Crippen LogP contribution is 2.35. The van der Waals surface area contributed by atoms with Gasteiger partial charge in [0.25, 0.3) is 0 Å². The minimum atomic E-state index is -0.456. The summed E-state index contributed by atoms with van der Waals surface area (Å²) in [7, 11) is 1.54. The fraction of sp³-hybridized carbons (Fsp3) is 0.818. The van der Waals surface area contributed by atoms with E-state index in [0.29, 0.717) is 12.1 Å². The summed E-state index contributed by atoms with van der Waals surface area (Å²) >= 11 is 0. The average molecular weight is 212 g/mol. The highest BCUT2D eigenvalue weighted by atomic mass is 16.7. The smallest absolute Gasteiger partial charge is 0.412 e. The van der Waals surface area contributed by atoms with E-state index >= 15 is 0 Å². The van der Waals surface area contributed by atoms with Gasteiger partial charge in [0.2, 0.25) is 6.29 Å². The Balaban J connectivity index is 1.95. The molecule has 2 aliphatic rings. The van der Waals surface area contributed by atoms with Crippen LogP contribution in [-0.2, 0) is 9.47 Å². The Bertz CT molecular complexity index is 228. The lowest BCUT2D eigenvalue weighted by atomic mass is 10.0. The van der Waals surface area contributed by atoms with Crippen LogP contribution in [0.25, 0.3) is 0 Å². The second-order valence-corrected chi connectivity index (χ2v) is 4.24. The van der Waals surface area contributed by atoms with Crippen LogP contribution in [0.1, 0.15) is 32.6 Å². The third-order valence-corrected chi connectivity index (χ3v) is 3.31. The second kappa shape index (κ2) is 4.39. The van der Waals surface area contributed by atoms with Crippen molar-refractivity contribution >= 4 is 6.09 Å². The molecule has 2 saturated heterocycles. The van der Waals surface area contributed by atoms with E-state index in [1.165, 1.54) is 7.11 Å². The number of nitrogens with zero attached hydrogens (tertiary/aromatic N) is 1. The fourth-order valence-electron chi connectivity index (χ4n) is 2.45. The largest absolute Gasteiger partial charge is 0.420 e. The van der Waals surface area contributed by atoms with Crippen molar-refractivity contribution in [3.8, 4) is 0 Å². The Morgan fingerprint density at radius 3 is 2.53 bits per heavy atom. The molecule has 2 rings (SSSR count). The zero-order valence-electron chi connectivity index (χ0n) is 9.31. The highest BCUT2D eigenvalue weighted by molar-refractivity contribution is 5.69. The molecule has 0 saturated carbocycles. The summed E-state index contributed by atoms with van der Waals surface area (Å²) < 4.78 is 10.1. The normalized spacial score (nSPS) is 31.5. The number of fused-ring (bicyclic) bond motifs is 2. The molecule has 1 radical (unpaired) electrons. The third kappa shape index (κ3) is 2.09. The first-order valence-electron chi connectivity index (χ1n) is 5.55. The van der Waals surface area contributed by atoms with Gasteiger partial charge in [-0.3, -0.25) is 0 Å². The number of carbonyl (C=O) groups excluding carboxylic acids is 1. The fourth-order valence-corrected chi connectivity index (χ4v) is 2.45. The van der Waals surface area contributed by atoms with Gasteiger partial charge in [0.05, 0.1) is 0 Å². The molecule has 3 atom stereocenters. The summed E-state index contributed by atoms with van der Waals surface area (Å²) in [6.45, 7) is 1.73. The Kier molecular flexibility index (Phi) is 3.14. The number of piperidine rings is 1. The molecule has 3 unspecified atom stereocenters. The lowest BCUT2D eigenvalue weighted by Crippen LogP contribution is -2.45. The van der Waals surface area contributed by atoms with Gasteiger partial charge in [0.15, 0.2) is 0 Å². The average Bonchev–Trinajstić information content (AvgIpc) is 2.49. The SMILES string of the molecule is COC(C)OC(=O)N1C2C[CH]CC1CC2. The van der Waals surface area contributed by atoms with Crippen molar-refractivity contribution in [1.82, 2.24) is 4.90 Å². The number of hydrogen-bond donors (Lipinski definition) is 0. The molecule has 2 heterocycles. The van der Waals surface area contributed by atoms with Gasteiger partial charge >= 0.3 is 6.09 Å². The molecule has 2 fully saturated rings. The van der Waals surface area contributed by atoms with Gasteiger partial charge in [0, 0.05) is 19.2 Å². The maximum atomic E-state index is 11.8. The molecule has 4 heteroatoms. The van der Waals surface area contributed by atoms with Crippen LogP contribution in [-0.4, -0.2) is 36.5 Å². The van der Waals surface area contributed by atoms with Crippen LogP contribution in [0, 0.1) is 6.42 Å². The first kappa shape index (κ1) is 10.7. The van der Waals surface area contributed by atoms with Gasteiger partial charge < -0.3 is 14.4 Å². The van der Waals surface area contributed by atoms with E-state index in [1.54, 1.807) is 6.92 Å². The van der Waals surface area contributed by atoms with E-state index in [1.807, 2.05) is 4.90 Å². The van der Waals surface area contributed by atoms with Crippen LogP contribution in [0.5, 0.6) is 0 Å². The van der Waals surface area contributed by atoms with Crippen molar-refractivity contribution in [2.45, 2.75) is 51.0 Å². The monoisotopic (exact) mass is 212 g/mol. The molecule has 0 aliphatic carbocycles. The van der Waals surface area contributed by atoms with E-state index in [2.05, 4.69) is 6.42 Å². The number of methoxy groups -OCH3 is 1. The van der Waals surface area contributed by atoms with Crippen molar-refractivity contribution in [3.63, 3.8) is 0 Å². The highest BCUT2D eigenvalue weighted by Gasteiger charge is 2.40. The second-order valence-electron chi connectivity index (χ2n) is 4.24. The molecule has 4 nitrogen and oxygen atoms in total. The number of amides is 1. The molecular weight excluding hydrogens is 194 g/mol. The standard InChI is InChI=1S/C11H18NO3/c1-8(14-2)15-11(13)12-9-4-3-5-10(12)7-6-9/h3,8-10H,4-7H2,1-2H3. The quantitative estimate of drug-likeness (QED) is 0.657. The maximum absolute atomic E-state index is 11.8. The van der Waals surface area contributed by atoms with Gasteiger partial charge in [-0.15, -0.1) is 0 Å². The van der Waals surface area contributed by atoms with Gasteiger partial charge in [0.1, 0.15) is 0 Å². The third-order valence-electron chi connectivity index (χ3n) is 3.31. The van der Waals surface area contributed by atoms with Gasteiger partial charge in [-0.2, -0.15) is 0 Å². The molecule has 0 spiro atoms.